The molecule has 0 heterocycles. The third-order valence-electron chi connectivity index (χ3n) is 3.21. The Kier molecular flexibility index (Phi) is 6.26. The Hall–Kier alpha value is -2.47. The van der Waals surface area contributed by atoms with Gasteiger partial charge in [0.05, 0.1) is 0 Å². The topological polar surface area (TPSA) is 67.4 Å². The number of rotatable bonds is 6. The Morgan fingerprint density at radius 1 is 0.958 bits per heavy atom. The summed E-state index contributed by atoms with van der Waals surface area (Å²) in [7, 11) is 0. The van der Waals surface area contributed by atoms with Gasteiger partial charge < -0.3 is 15.4 Å². The molecule has 0 aliphatic carbocycles. The molecule has 2 rings (SSSR count). The smallest absolute Gasteiger partial charge is 0.265 e. The van der Waals surface area contributed by atoms with E-state index in [9.17, 15) is 9.59 Å². The van der Waals surface area contributed by atoms with Crippen LogP contribution in [0.5, 0.6) is 5.75 Å². The molecule has 6 heteroatoms. The van der Waals surface area contributed by atoms with E-state index < -0.39 is 6.10 Å². The second-order valence-electron chi connectivity index (χ2n) is 5.18. The summed E-state index contributed by atoms with van der Waals surface area (Å²) in [4.78, 5) is 24.3. The fourth-order valence-corrected chi connectivity index (χ4v) is 2.40. The van der Waals surface area contributed by atoms with Crippen molar-refractivity contribution < 1.29 is 14.3 Å². The van der Waals surface area contributed by atoms with Gasteiger partial charge in [-0.1, -0.05) is 0 Å². The van der Waals surface area contributed by atoms with Crippen LogP contribution in [0.15, 0.2) is 53.4 Å². The van der Waals surface area contributed by atoms with Crippen molar-refractivity contribution in [3.63, 3.8) is 0 Å². The molecule has 5 nitrogen and oxygen atoms in total. The van der Waals surface area contributed by atoms with Crippen LogP contribution < -0.4 is 15.4 Å². The van der Waals surface area contributed by atoms with Crippen molar-refractivity contribution in [1.29, 1.82) is 0 Å². The highest BCUT2D eigenvalue weighted by molar-refractivity contribution is 7.98. The van der Waals surface area contributed by atoms with Crippen molar-refractivity contribution in [2.45, 2.75) is 24.8 Å². The molecule has 1 unspecified atom stereocenters. The summed E-state index contributed by atoms with van der Waals surface area (Å²) in [5, 5.41) is 5.46. The maximum atomic E-state index is 12.2. The van der Waals surface area contributed by atoms with E-state index in [2.05, 4.69) is 10.6 Å². The number of hydrogen-bond acceptors (Lipinski definition) is 4. The number of amides is 2. The average molecular weight is 344 g/mol. The summed E-state index contributed by atoms with van der Waals surface area (Å²) in [5.41, 5.74) is 1.32. The van der Waals surface area contributed by atoms with Crippen LogP contribution in [-0.2, 0) is 9.59 Å². The van der Waals surface area contributed by atoms with Gasteiger partial charge in [0.15, 0.2) is 6.10 Å². The zero-order valence-corrected chi connectivity index (χ0v) is 14.6. The Morgan fingerprint density at radius 2 is 1.50 bits per heavy atom. The van der Waals surface area contributed by atoms with Crippen LogP contribution in [0, 0.1) is 0 Å². The highest BCUT2D eigenvalue weighted by atomic mass is 32.2. The second kappa shape index (κ2) is 8.40. The molecule has 2 aromatic carbocycles. The zero-order chi connectivity index (χ0) is 17.5. The van der Waals surface area contributed by atoms with Crippen molar-refractivity contribution in [2.24, 2.45) is 0 Å². The summed E-state index contributed by atoms with van der Waals surface area (Å²) in [5.74, 6) is 0.272. The molecule has 0 aliphatic heterocycles. The first kappa shape index (κ1) is 17.9. The quantitative estimate of drug-likeness (QED) is 0.783. The van der Waals surface area contributed by atoms with E-state index in [-0.39, 0.29) is 11.8 Å². The molecule has 1 atom stereocenters. The number of nitrogens with one attached hydrogen (secondary N) is 2. The van der Waals surface area contributed by atoms with Crippen LogP contribution in [-0.4, -0.2) is 24.2 Å². The van der Waals surface area contributed by atoms with Crippen LogP contribution in [0.1, 0.15) is 13.8 Å². The van der Waals surface area contributed by atoms with E-state index >= 15 is 0 Å². The third-order valence-corrected chi connectivity index (χ3v) is 3.96. The van der Waals surface area contributed by atoms with Crippen molar-refractivity contribution in [1.82, 2.24) is 0 Å². The molecular weight excluding hydrogens is 324 g/mol. The first-order valence-electron chi connectivity index (χ1n) is 7.47. The minimum Gasteiger partial charge on any atom is -0.481 e. The highest BCUT2D eigenvalue weighted by Crippen LogP contribution is 2.20. The number of carbonyl (C=O) groups is 2. The lowest BCUT2D eigenvalue weighted by Crippen LogP contribution is -2.30. The monoisotopic (exact) mass is 344 g/mol. The van der Waals surface area contributed by atoms with Gasteiger partial charge in [-0.3, -0.25) is 9.59 Å². The van der Waals surface area contributed by atoms with E-state index in [1.165, 1.54) is 6.92 Å². The number of anilines is 2. The summed E-state index contributed by atoms with van der Waals surface area (Å²) >= 11 is 1.65. The second-order valence-corrected chi connectivity index (χ2v) is 6.06. The number of hydrogen-bond donors (Lipinski definition) is 2. The van der Waals surface area contributed by atoms with Gasteiger partial charge in [-0.25, -0.2) is 0 Å². The van der Waals surface area contributed by atoms with Gasteiger partial charge in [0.25, 0.3) is 5.91 Å². The van der Waals surface area contributed by atoms with Gasteiger partial charge in [0.1, 0.15) is 5.75 Å². The first-order chi connectivity index (χ1) is 11.5. The molecule has 0 bridgehead atoms. The van der Waals surface area contributed by atoms with E-state index in [1.807, 2.05) is 30.5 Å². The minimum absolute atomic E-state index is 0.138. The minimum atomic E-state index is -0.625. The Labute approximate surface area is 145 Å². The molecule has 0 radical (unpaired) electrons. The summed E-state index contributed by atoms with van der Waals surface area (Å²) in [6, 6.07) is 14.5. The van der Waals surface area contributed by atoms with E-state index in [4.69, 9.17) is 4.74 Å². The Bertz CT molecular complexity index is 699. The lowest BCUT2D eigenvalue weighted by atomic mass is 10.2. The van der Waals surface area contributed by atoms with E-state index in [0.717, 1.165) is 4.90 Å². The molecule has 0 fully saturated rings. The fourth-order valence-electron chi connectivity index (χ4n) is 2.00. The van der Waals surface area contributed by atoms with Crippen LogP contribution in [0.3, 0.4) is 0 Å². The SMILES string of the molecule is CSc1ccc(OC(C)C(=O)Nc2ccc(NC(C)=O)cc2)cc1. The van der Waals surface area contributed by atoms with Crippen LogP contribution >= 0.6 is 11.8 Å². The van der Waals surface area contributed by atoms with Gasteiger partial charge in [-0.2, -0.15) is 0 Å². The molecule has 2 amide bonds. The Morgan fingerprint density at radius 3 is 2.00 bits per heavy atom. The lowest BCUT2D eigenvalue weighted by molar-refractivity contribution is -0.122. The number of carbonyl (C=O) groups excluding carboxylic acids is 2. The molecule has 0 saturated carbocycles. The van der Waals surface area contributed by atoms with Gasteiger partial charge >= 0.3 is 0 Å². The summed E-state index contributed by atoms with van der Waals surface area (Å²) < 4.78 is 5.65. The van der Waals surface area contributed by atoms with Crippen molar-refractivity contribution >= 4 is 35.0 Å². The van der Waals surface area contributed by atoms with E-state index in [0.29, 0.717) is 17.1 Å². The van der Waals surface area contributed by atoms with Crippen molar-refractivity contribution in [3.8, 4) is 5.75 Å². The van der Waals surface area contributed by atoms with Gasteiger partial charge in [-0.05, 0) is 61.7 Å². The lowest BCUT2D eigenvalue weighted by Gasteiger charge is -2.15. The molecule has 24 heavy (non-hydrogen) atoms. The van der Waals surface area contributed by atoms with Crippen LogP contribution in [0.2, 0.25) is 0 Å². The van der Waals surface area contributed by atoms with E-state index in [1.54, 1.807) is 43.0 Å². The molecule has 2 N–H and O–H groups in total. The normalized spacial score (nSPS) is 11.5. The van der Waals surface area contributed by atoms with Crippen LogP contribution in [0.4, 0.5) is 11.4 Å². The molecule has 2 aromatic rings. The summed E-state index contributed by atoms with van der Waals surface area (Å²) in [6.45, 7) is 3.14. The third kappa shape index (κ3) is 5.31. The predicted octanol–water partition coefficient (Wildman–Crippen LogP) is 3.77. The molecule has 0 aromatic heterocycles. The number of ether oxygens (including phenoxy) is 1. The van der Waals surface area contributed by atoms with Crippen molar-refractivity contribution in [3.05, 3.63) is 48.5 Å². The van der Waals surface area contributed by atoms with Gasteiger partial charge in [0, 0.05) is 23.2 Å². The molecular formula is C18H20N2O3S. The van der Waals surface area contributed by atoms with Gasteiger partial charge in [0.2, 0.25) is 5.91 Å². The number of thioether (sulfide) groups is 1. The molecule has 0 spiro atoms. The Balaban J connectivity index is 1.91. The largest absolute Gasteiger partial charge is 0.481 e. The summed E-state index contributed by atoms with van der Waals surface area (Å²) in [6.07, 6.45) is 1.38. The average Bonchev–Trinajstić information content (AvgIpc) is 2.56. The standard InChI is InChI=1S/C18H20N2O3S/c1-12(23-16-8-10-17(24-3)11-9-16)18(22)20-15-6-4-14(5-7-15)19-13(2)21/h4-12H,1-3H3,(H,19,21)(H,20,22). The zero-order valence-electron chi connectivity index (χ0n) is 13.8. The number of benzene rings is 2. The molecule has 0 saturated heterocycles. The molecule has 0 aliphatic rings. The maximum Gasteiger partial charge on any atom is 0.265 e. The molecule has 126 valence electrons. The fraction of sp³-hybridized carbons (Fsp3) is 0.222. The van der Waals surface area contributed by atoms with Crippen LogP contribution in [0.25, 0.3) is 0 Å². The first-order valence-corrected chi connectivity index (χ1v) is 8.69. The van der Waals surface area contributed by atoms with Gasteiger partial charge in [-0.15, -0.1) is 11.8 Å². The predicted molar refractivity (Wildman–Crippen MR) is 97.7 cm³/mol. The van der Waals surface area contributed by atoms with Crippen molar-refractivity contribution in [2.75, 3.05) is 16.9 Å². The maximum absolute atomic E-state index is 12.2. The highest BCUT2D eigenvalue weighted by Gasteiger charge is 2.15.